The summed E-state index contributed by atoms with van der Waals surface area (Å²) in [6.07, 6.45) is 1.05. The van der Waals surface area contributed by atoms with Gasteiger partial charge in [-0.25, -0.2) is 0 Å². The van der Waals surface area contributed by atoms with Crippen molar-refractivity contribution >= 4 is 34.7 Å². The van der Waals surface area contributed by atoms with E-state index < -0.39 is 0 Å². The Balaban J connectivity index is 1.82. The third kappa shape index (κ3) is 4.73. The van der Waals surface area contributed by atoms with Crippen molar-refractivity contribution in [2.45, 2.75) is 20.3 Å². The van der Waals surface area contributed by atoms with Crippen molar-refractivity contribution in [3.05, 3.63) is 87.9 Å². The van der Waals surface area contributed by atoms with Gasteiger partial charge in [0.25, 0.3) is 0 Å². The Morgan fingerprint density at radius 3 is 2.04 bits per heavy atom. The maximum atomic E-state index is 6.26. The van der Waals surface area contributed by atoms with E-state index in [4.69, 9.17) is 11.6 Å². The summed E-state index contributed by atoms with van der Waals surface area (Å²) < 4.78 is 0. The molecule has 0 saturated heterocycles. The number of nitrogens with zero attached hydrogens (tertiary/aromatic N) is 1. The Kier molecular flexibility index (Phi) is 6.22. The van der Waals surface area contributed by atoms with Crippen LogP contribution in [0, 0.1) is 18.8 Å². The molecule has 1 nitrogen and oxygen atoms in total. The molecule has 0 aromatic heterocycles. The van der Waals surface area contributed by atoms with E-state index in [-0.39, 0.29) is 0 Å². The number of hydrogen-bond donors (Lipinski definition) is 0. The average Bonchev–Trinajstić information content (AvgIpc) is 2.70. The van der Waals surface area contributed by atoms with Crippen LogP contribution >= 0.6 is 23.8 Å². The maximum Gasteiger partial charge on any atom is 0.0955 e. The van der Waals surface area contributed by atoms with Gasteiger partial charge in [-0.2, -0.15) is 4.99 Å². The number of thiocarbonyl (C=S) groups is 1. The highest BCUT2D eigenvalue weighted by Crippen LogP contribution is 2.29. The molecule has 0 amide bonds. The molecule has 0 bridgehead atoms. The van der Waals surface area contributed by atoms with Crippen molar-refractivity contribution in [2.24, 2.45) is 4.99 Å². The van der Waals surface area contributed by atoms with E-state index in [1.807, 2.05) is 25.1 Å². The topological polar surface area (TPSA) is 12.4 Å². The first-order valence-electron chi connectivity index (χ1n) is 8.70. The van der Waals surface area contributed by atoms with Gasteiger partial charge >= 0.3 is 0 Å². The van der Waals surface area contributed by atoms with Crippen LogP contribution in [0.1, 0.15) is 29.2 Å². The molecule has 3 aromatic carbocycles. The Morgan fingerprint density at radius 2 is 1.48 bits per heavy atom. The number of aryl methyl sites for hydroxylation is 2. The zero-order valence-corrected chi connectivity index (χ0v) is 16.8. The molecule has 0 aliphatic carbocycles. The summed E-state index contributed by atoms with van der Waals surface area (Å²) in [7, 11) is 0. The van der Waals surface area contributed by atoms with Gasteiger partial charge in [-0.15, -0.1) is 0 Å². The lowest BCUT2D eigenvalue weighted by Gasteiger charge is -2.04. The molecule has 0 saturated carbocycles. The number of aliphatic imine (C=N–C) groups is 1. The van der Waals surface area contributed by atoms with E-state index in [1.165, 1.54) is 16.7 Å². The lowest BCUT2D eigenvalue weighted by Crippen LogP contribution is -1.83. The molecule has 0 aliphatic heterocycles. The van der Waals surface area contributed by atoms with E-state index >= 15 is 0 Å². The molecule has 3 aromatic rings. The van der Waals surface area contributed by atoms with E-state index in [9.17, 15) is 0 Å². The number of benzene rings is 3. The van der Waals surface area contributed by atoms with Crippen LogP contribution in [0.5, 0.6) is 0 Å². The molecule has 0 N–H and O–H groups in total. The Labute approximate surface area is 170 Å². The van der Waals surface area contributed by atoms with Gasteiger partial charge in [0.05, 0.1) is 15.9 Å². The second-order valence-electron chi connectivity index (χ2n) is 6.20. The van der Waals surface area contributed by atoms with Crippen molar-refractivity contribution in [3.63, 3.8) is 0 Å². The molecule has 0 radical (unpaired) electrons. The first kappa shape index (κ1) is 19.1. The fourth-order valence-electron chi connectivity index (χ4n) is 2.82. The molecule has 0 heterocycles. The third-order valence-electron chi connectivity index (χ3n) is 4.34. The summed E-state index contributed by atoms with van der Waals surface area (Å²) in [6.45, 7) is 4.09. The van der Waals surface area contributed by atoms with Crippen LogP contribution in [0.25, 0.3) is 11.1 Å². The van der Waals surface area contributed by atoms with Crippen LogP contribution < -0.4 is 0 Å². The quantitative estimate of drug-likeness (QED) is 0.267. The monoisotopic (exact) mass is 387 g/mol. The van der Waals surface area contributed by atoms with Crippen LogP contribution in [0.2, 0.25) is 5.02 Å². The van der Waals surface area contributed by atoms with E-state index in [1.54, 1.807) is 6.07 Å². The van der Waals surface area contributed by atoms with E-state index in [0.29, 0.717) is 10.7 Å². The molecule has 132 valence electrons. The van der Waals surface area contributed by atoms with Crippen LogP contribution in [0.4, 0.5) is 5.69 Å². The highest BCUT2D eigenvalue weighted by molar-refractivity contribution is 7.78. The van der Waals surface area contributed by atoms with Crippen molar-refractivity contribution < 1.29 is 0 Å². The summed E-state index contributed by atoms with van der Waals surface area (Å²) in [5.74, 6) is 6.35. The van der Waals surface area contributed by atoms with Crippen molar-refractivity contribution in [3.8, 4) is 23.0 Å². The number of rotatable bonds is 3. The van der Waals surface area contributed by atoms with Crippen molar-refractivity contribution in [2.75, 3.05) is 0 Å². The van der Waals surface area contributed by atoms with Crippen LogP contribution in [0.3, 0.4) is 0 Å². The second-order valence-corrected chi connectivity index (χ2v) is 6.79. The summed E-state index contributed by atoms with van der Waals surface area (Å²) >= 11 is 10.9. The summed E-state index contributed by atoms with van der Waals surface area (Å²) in [5, 5.41) is 2.89. The van der Waals surface area contributed by atoms with Gasteiger partial charge in [-0.1, -0.05) is 66.8 Å². The second kappa shape index (κ2) is 8.80. The van der Waals surface area contributed by atoms with Gasteiger partial charge in [0.15, 0.2) is 0 Å². The SMILES string of the molecule is CCc1ccc(-c2ccc(C#Cc3cc(C)c(N=C=S)c(Cl)c3)cc2)cc1. The summed E-state index contributed by atoms with van der Waals surface area (Å²) in [5.41, 5.74) is 7.12. The number of isothiocyanates is 1. The third-order valence-corrected chi connectivity index (χ3v) is 4.72. The Hall–Kier alpha value is -2.69. The molecule has 0 aliphatic rings. The number of hydrogen-bond acceptors (Lipinski definition) is 2. The number of halogens is 1. The predicted molar refractivity (Wildman–Crippen MR) is 118 cm³/mol. The van der Waals surface area contributed by atoms with Gasteiger partial charge in [-0.3, -0.25) is 0 Å². The maximum absolute atomic E-state index is 6.26. The highest BCUT2D eigenvalue weighted by atomic mass is 35.5. The van der Waals surface area contributed by atoms with Crippen molar-refractivity contribution in [1.82, 2.24) is 0 Å². The lowest BCUT2D eigenvalue weighted by molar-refractivity contribution is 1.14. The van der Waals surface area contributed by atoms with E-state index in [0.717, 1.165) is 23.1 Å². The minimum absolute atomic E-state index is 0.530. The Bertz CT molecular complexity index is 1040. The minimum atomic E-state index is 0.530. The Morgan fingerprint density at radius 1 is 0.889 bits per heavy atom. The van der Waals surface area contributed by atoms with Gasteiger partial charge < -0.3 is 0 Å². The summed E-state index contributed by atoms with van der Waals surface area (Å²) in [4.78, 5) is 4.00. The molecule has 0 unspecified atom stereocenters. The molecular weight excluding hydrogens is 370 g/mol. The fraction of sp³-hybridized carbons (Fsp3) is 0.125. The first-order chi connectivity index (χ1) is 13.1. The largest absolute Gasteiger partial charge is 0.193 e. The van der Waals surface area contributed by atoms with E-state index in [2.05, 4.69) is 77.5 Å². The first-order valence-corrected chi connectivity index (χ1v) is 9.48. The fourth-order valence-corrected chi connectivity index (χ4v) is 3.22. The smallest absolute Gasteiger partial charge is 0.0955 e. The minimum Gasteiger partial charge on any atom is -0.193 e. The molecule has 27 heavy (non-hydrogen) atoms. The zero-order chi connectivity index (χ0) is 19.2. The van der Waals surface area contributed by atoms with Crippen LogP contribution in [-0.2, 0) is 6.42 Å². The zero-order valence-electron chi connectivity index (χ0n) is 15.2. The van der Waals surface area contributed by atoms with Gasteiger partial charge in [0.1, 0.15) is 0 Å². The van der Waals surface area contributed by atoms with Gasteiger partial charge in [-0.05, 0) is 72.1 Å². The predicted octanol–water partition coefficient (Wildman–Crippen LogP) is 7.01. The van der Waals surface area contributed by atoms with Crippen molar-refractivity contribution in [1.29, 1.82) is 0 Å². The summed E-state index contributed by atoms with van der Waals surface area (Å²) in [6, 6.07) is 20.7. The van der Waals surface area contributed by atoms with Crippen LogP contribution in [0.15, 0.2) is 65.7 Å². The molecule has 3 rings (SSSR count). The van der Waals surface area contributed by atoms with Crippen LogP contribution in [-0.4, -0.2) is 5.16 Å². The molecule has 0 atom stereocenters. The molecule has 3 heteroatoms. The molecular formula is C24H18ClNS. The lowest BCUT2D eigenvalue weighted by atomic mass is 10.0. The average molecular weight is 388 g/mol. The standard InChI is InChI=1S/C24H18ClNS/c1-3-18-6-10-21(11-7-18)22-12-8-19(9-13-22)4-5-20-14-17(2)24(26-16-27)23(25)15-20/h6-15H,3H2,1-2H3. The molecule has 0 fully saturated rings. The van der Waals surface area contributed by atoms with Gasteiger partial charge in [0, 0.05) is 11.1 Å². The highest BCUT2D eigenvalue weighted by Gasteiger charge is 2.04. The van der Waals surface area contributed by atoms with Gasteiger partial charge in [0.2, 0.25) is 0 Å². The molecule has 0 spiro atoms. The normalized spacial score (nSPS) is 9.89.